The molecule has 1 aliphatic heterocycles. The van der Waals surface area contributed by atoms with E-state index in [-0.39, 0.29) is 11.8 Å². The first kappa shape index (κ1) is 20.4. The molecule has 1 fully saturated rings. The fourth-order valence-electron chi connectivity index (χ4n) is 4.77. The Morgan fingerprint density at radius 1 is 0.933 bits per heavy atom. The molecular weight excluding hydrogens is 374 g/mol. The maximum atomic E-state index is 12.8. The summed E-state index contributed by atoms with van der Waals surface area (Å²) in [4.78, 5) is 24.4. The number of hydrogen-bond donors (Lipinski definition) is 3. The highest BCUT2D eigenvalue weighted by Gasteiger charge is 2.32. The molecule has 1 atom stereocenters. The first-order chi connectivity index (χ1) is 14.6. The number of anilines is 1. The molecule has 5 nitrogen and oxygen atoms in total. The Hall–Kier alpha value is -2.92. The molecule has 1 heterocycles. The zero-order chi connectivity index (χ0) is 20.9. The summed E-state index contributed by atoms with van der Waals surface area (Å²) in [7, 11) is 0. The molecule has 0 spiro atoms. The fraction of sp³-hybridized carbons (Fsp3) is 0.360. The molecule has 0 radical (unpaired) electrons. The van der Waals surface area contributed by atoms with Crippen molar-refractivity contribution in [3.05, 3.63) is 71.8 Å². The lowest BCUT2D eigenvalue weighted by Crippen LogP contribution is -2.41. The van der Waals surface area contributed by atoms with Crippen molar-refractivity contribution in [2.75, 3.05) is 11.9 Å². The SMILES string of the molecule is NC(=O)c1ccccc1NC(=O)C1CCC(C2CC(c3ccccc3)=CCN2)CC1. The lowest BCUT2D eigenvalue weighted by Gasteiger charge is -2.36. The minimum absolute atomic E-state index is 0.0105. The van der Waals surface area contributed by atoms with Crippen LogP contribution in [0.25, 0.3) is 5.57 Å². The van der Waals surface area contributed by atoms with Gasteiger partial charge >= 0.3 is 0 Å². The second kappa shape index (κ2) is 9.26. The van der Waals surface area contributed by atoms with Gasteiger partial charge < -0.3 is 16.4 Å². The highest BCUT2D eigenvalue weighted by molar-refractivity contribution is 6.03. The van der Waals surface area contributed by atoms with E-state index < -0.39 is 5.91 Å². The molecule has 1 aliphatic carbocycles. The van der Waals surface area contributed by atoms with Crippen LogP contribution in [0.3, 0.4) is 0 Å². The molecular formula is C25H29N3O2. The third-order valence-corrected chi connectivity index (χ3v) is 6.47. The van der Waals surface area contributed by atoms with Crippen LogP contribution in [-0.4, -0.2) is 24.4 Å². The van der Waals surface area contributed by atoms with Crippen molar-refractivity contribution in [3.63, 3.8) is 0 Å². The van der Waals surface area contributed by atoms with Gasteiger partial charge in [0.1, 0.15) is 0 Å². The van der Waals surface area contributed by atoms with Crippen molar-refractivity contribution in [1.29, 1.82) is 0 Å². The van der Waals surface area contributed by atoms with Crippen LogP contribution in [0.15, 0.2) is 60.7 Å². The molecule has 2 aromatic carbocycles. The highest BCUT2D eigenvalue weighted by atomic mass is 16.2. The van der Waals surface area contributed by atoms with Gasteiger partial charge in [-0.1, -0.05) is 48.5 Å². The van der Waals surface area contributed by atoms with Crippen LogP contribution in [0.1, 0.15) is 48.0 Å². The van der Waals surface area contributed by atoms with Crippen LogP contribution in [0.2, 0.25) is 0 Å². The molecule has 4 rings (SSSR count). The molecule has 5 heteroatoms. The second-order valence-corrected chi connectivity index (χ2v) is 8.33. The number of nitrogens with two attached hydrogens (primary N) is 1. The van der Waals surface area contributed by atoms with Gasteiger partial charge in [-0.15, -0.1) is 0 Å². The lowest BCUT2D eigenvalue weighted by atomic mass is 9.75. The van der Waals surface area contributed by atoms with Gasteiger partial charge in [-0.2, -0.15) is 0 Å². The molecule has 0 aromatic heterocycles. The van der Waals surface area contributed by atoms with Gasteiger partial charge in [0.25, 0.3) is 5.91 Å². The third kappa shape index (κ3) is 4.62. The molecule has 2 aliphatic rings. The normalized spacial score (nSPS) is 24.0. The molecule has 2 amide bonds. The standard InChI is InChI=1S/C25H29N3O2/c26-24(29)21-8-4-5-9-22(21)28-25(30)19-12-10-18(11-13-19)23-16-20(14-15-27-23)17-6-2-1-3-7-17/h1-9,14,18-19,23,27H,10-13,15-16H2,(H2,26,29)(H,28,30). The smallest absolute Gasteiger partial charge is 0.250 e. The molecule has 2 aromatic rings. The van der Waals surface area contributed by atoms with Crippen molar-refractivity contribution < 1.29 is 9.59 Å². The summed E-state index contributed by atoms with van der Waals surface area (Å²) in [5.74, 6) is 0.0261. The van der Waals surface area contributed by atoms with Gasteiger partial charge in [0.15, 0.2) is 0 Å². The van der Waals surface area contributed by atoms with Crippen molar-refractivity contribution in [2.45, 2.75) is 38.1 Å². The van der Waals surface area contributed by atoms with Crippen LogP contribution in [0.5, 0.6) is 0 Å². The van der Waals surface area contributed by atoms with Crippen LogP contribution < -0.4 is 16.4 Å². The average Bonchev–Trinajstić information content (AvgIpc) is 2.80. The largest absolute Gasteiger partial charge is 0.366 e. The van der Waals surface area contributed by atoms with E-state index in [1.807, 2.05) is 0 Å². The second-order valence-electron chi connectivity index (χ2n) is 8.33. The maximum Gasteiger partial charge on any atom is 0.250 e. The maximum absolute atomic E-state index is 12.8. The summed E-state index contributed by atoms with van der Waals surface area (Å²) in [6.07, 6.45) is 7.15. The predicted octanol–water partition coefficient (Wildman–Crippen LogP) is 3.98. The average molecular weight is 404 g/mol. The minimum atomic E-state index is -0.528. The Bertz CT molecular complexity index is 930. The number of amides is 2. The number of benzene rings is 2. The fourth-order valence-corrected chi connectivity index (χ4v) is 4.77. The summed E-state index contributed by atoms with van der Waals surface area (Å²) in [5.41, 5.74) is 9.01. The summed E-state index contributed by atoms with van der Waals surface area (Å²) in [6, 6.07) is 18.0. The summed E-state index contributed by atoms with van der Waals surface area (Å²) >= 11 is 0. The van der Waals surface area contributed by atoms with Gasteiger partial charge in [-0.05, 0) is 61.3 Å². The monoisotopic (exact) mass is 403 g/mol. The van der Waals surface area contributed by atoms with E-state index in [9.17, 15) is 9.59 Å². The number of hydrogen-bond acceptors (Lipinski definition) is 3. The van der Waals surface area contributed by atoms with Gasteiger partial charge in [0, 0.05) is 18.5 Å². The first-order valence-electron chi connectivity index (χ1n) is 10.8. The number of carbonyl (C=O) groups excluding carboxylic acids is 2. The van der Waals surface area contributed by atoms with Crippen molar-refractivity contribution in [3.8, 4) is 0 Å². The number of rotatable bonds is 5. The molecule has 0 bridgehead atoms. The Morgan fingerprint density at radius 2 is 1.63 bits per heavy atom. The van der Waals surface area contributed by atoms with Crippen LogP contribution in [-0.2, 0) is 4.79 Å². The Morgan fingerprint density at radius 3 is 2.37 bits per heavy atom. The molecule has 30 heavy (non-hydrogen) atoms. The van der Waals surface area contributed by atoms with E-state index in [1.165, 1.54) is 11.1 Å². The quantitative estimate of drug-likeness (QED) is 0.706. The van der Waals surface area contributed by atoms with E-state index in [4.69, 9.17) is 5.73 Å². The molecule has 1 unspecified atom stereocenters. The molecule has 0 saturated heterocycles. The Kier molecular flexibility index (Phi) is 6.29. The van der Waals surface area contributed by atoms with Gasteiger partial charge in [0.05, 0.1) is 11.3 Å². The van der Waals surface area contributed by atoms with E-state index >= 15 is 0 Å². The summed E-state index contributed by atoms with van der Waals surface area (Å²) in [6.45, 7) is 0.902. The molecule has 156 valence electrons. The highest BCUT2D eigenvalue weighted by Crippen LogP contribution is 2.36. The van der Waals surface area contributed by atoms with Crippen LogP contribution >= 0.6 is 0 Å². The molecule has 4 N–H and O–H groups in total. The predicted molar refractivity (Wildman–Crippen MR) is 120 cm³/mol. The lowest BCUT2D eigenvalue weighted by molar-refractivity contribution is -0.121. The van der Waals surface area contributed by atoms with E-state index in [0.717, 1.165) is 38.6 Å². The van der Waals surface area contributed by atoms with Crippen molar-refractivity contribution in [1.82, 2.24) is 5.32 Å². The zero-order valence-corrected chi connectivity index (χ0v) is 17.1. The van der Waals surface area contributed by atoms with Crippen molar-refractivity contribution >= 4 is 23.1 Å². The first-order valence-corrected chi connectivity index (χ1v) is 10.8. The van der Waals surface area contributed by atoms with E-state index in [2.05, 4.69) is 47.0 Å². The topological polar surface area (TPSA) is 84.2 Å². The third-order valence-electron chi connectivity index (χ3n) is 6.47. The van der Waals surface area contributed by atoms with Gasteiger partial charge in [0.2, 0.25) is 5.91 Å². The number of carbonyl (C=O) groups is 2. The van der Waals surface area contributed by atoms with E-state index in [0.29, 0.717) is 23.2 Å². The number of nitrogens with one attached hydrogen (secondary N) is 2. The van der Waals surface area contributed by atoms with E-state index in [1.54, 1.807) is 24.3 Å². The van der Waals surface area contributed by atoms with Crippen molar-refractivity contribution in [2.24, 2.45) is 17.6 Å². The Labute approximate surface area is 177 Å². The Balaban J connectivity index is 1.32. The van der Waals surface area contributed by atoms with Crippen LogP contribution in [0, 0.1) is 11.8 Å². The summed E-state index contributed by atoms with van der Waals surface area (Å²) < 4.78 is 0. The zero-order valence-electron chi connectivity index (χ0n) is 17.1. The molecule has 1 saturated carbocycles. The van der Waals surface area contributed by atoms with Crippen LogP contribution in [0.4, 0.5) is 5.69 Å². The van der Waals surface area contributed by atoms with Gasteiger partial charge in [-0.3, -0.25) is 9.59 Å². The van der Waals surface area contributed by atoms with Gasteiger partial charge in [-0.25, -0.2) is 0 Å². The number of primary amides is 1. The number of para-hydroxylation sites is 1. The summed E-state index contributed by atoms with van der Waals surface area (Å²) in [5, 5.41) is 6.58. The minimum Gasteiger partial charge on any atom is -0.366 e.